The SMILES string of the molecule is CS(=O)(=O)CCCC(CN)(CC1CC1)C(=O)O. The minimum absolute atomic E-state index is 0.0344. The number of rotatable bonds is 8. The highest BCUT2D eigenvalue weighted by Gasteiger charge is 2.41. The Bertz CT molecular complexity index is 375. The van der Waals surface area contributed by atoms with Gasteiger partial charge in [0, 0.05) is 18.6 Å². The zero-order valence-electron chi connectivity index (χ0n) is 10.2. The lowest BCUT2D eigenvalue weighted by Gasteiger charge is -2.27. The van der Waals surface area contributed by atoms with Crippen LogP contribution in [0.15, 0.2) is 0 Å². The number of carbonyl (C=O) groups is 1. The van der Waals surface area contributed by atoms with Gasteiger partial charge in [-0.2, -0.15) is 0 Å². The van der Waals surface area contributed by atoms with E-state index in [1.807, 2.05) is 0 Å². The molecule has 0 heterocycles. The van der Waals surface area contributed by atoms with Gasteiger partial charge in [-0.25, -0.2) is 8.42 Å². The predicted molar refractivity (Wildman–Crippen MR) is 65.4 cm³/mol. The van der Waals surface area contributed by atoms with Gasteiger partial charge < -0.3 is 10.8 Å². The third-order valence-electron chi connectivity index (χ3n) is 3.39. The third kappa shape index (κ3) is 4.63. The Kier molecular flexibility index (Phi) is 4.55. The monoisotopic (exact) mass is 263 g/mol. The fraction of sp³-hybridized carbons (Fsp3) is 0.909. The topological polar surface area (TPSA) is 97.5 Å². The molecule has 1 atom stereocenters. The van der Waals surface area contributed by atoms with Crippen molar-refractivity contribution in [3.63, 3.8) is 0 Å². The van der Waals surface area contributed by atoms with Gasteiger partial charge in [0.1, 0.15) is 9.84 Å². The van der Waals surface area contributed by atoms with E-state index in [0.29, 0.717) is 25.2 Å². The van der Waals surface area contributed by atoms with Crippen LogP contribution >= 0.6 is 0 Å². The molecule has 0 aromatic carbocycles. The summed E-state index contributed by atoms with van der Waals surface area (Å²) in [5.74, 6) is -0.388. The van der Waals surface area contributed by atoms with Gasteiger partial charge in [0.25, 0.3) is 0 Å². The average molecular weight is 263 g/mol. The van der Waals surface area contributed by atoms with Crippen LogP contribution in [0, 0.1) is 11.3 Å². The van der Waals surface area contributed by atoms with Crippen molar-refractivity contribution in [2.24, 2.45) is 17.1 Å². The molecule has 0 amide bonds. The van der Waals surface area contributed by atoms with E-state index in [4.69, 9.17) is 5.73 Å². The average Bonchev–Trinajstić information content (AvgIpc) is 2.97. The van der Waals surface area contributed by atoms with E-state index in [9.17, 15) is 18.3 Å². The Morgan fingerprint density at radius 3 is 2.41 bits per heavy atom. The summed E-state index contributed by atoms with van der Waals surface area (Å²) in [6, 6.07) is 0. The van der Waals surface area contributed by atoms with Gasteiger partial charge in [-0.15, -0.1) is 0 Å². The van der Waals surface area contributed by atoms with E-state index in [1.54, 1.807) is 0 Å². The van der Waals surface area contributed by atoms with Gasteiger partial charge in [-0.3, -0.25) is 4.79 Å². The Morgan fingerprint density at radius 2 is 2.06 bits per heavy atom. The largest absolute Gasteiger partial charge is 0.481 e. The van der Waals surface area contributed by atoms with E-state index < -0.39 is 21.2 Å². The smallest absolute Gasteiger partial charge is 0.310 e. The Balaban J connectivity index is 2.58. The van der Waals surface area contributed by atoms with Crippen molar-refractivity contribution < 1.29 is 18.3 Å². The molecule has 0 bridgehead atoms. The number of aliphatic carboxylic acids is 1. The zero-order chi connectivity index (χ0) is 13.1. The molecule has 1 fully saturated rings. The molecule has 0 saturated heterocycles. The van der Waals surface area contributed by atoms with Crippen molar-refractivity contribution >= 4 is 15.8 Å². The molecule has 0 radical (unpaired) electrons. The van der Waals surface area contributed by atoms with Crippen molar-refractivity contribution in [2.45, 2.75) is 32.1 Å². The number of hydrogen-bond donors (Lipinski definition) is 2. The quantitative estimate of drug-likeness (QED) is 0.669. The molecular weight excluding hydrogens is 242 g/mol. The minimum atomic E-state index is -3.03. The Hall–Kier alpha value is -0.620. The molecule has 17 heavy (non-hydrogen) atoms. The number of sulfone groups is 1. The lowest BCUT2D eigenvalue weighted by Crippen LogP contribution is -2.39. The van der Waals surface area contributed by atoms with Gasteiger partial charge in [0.15, 0.2) is 0 Å². The number of carboxylic acid groups (broad SMARTS) is 1. The molecule has 100 valence electrons. The molecule has 1 rings (SSSR count). The van der Waals surface area contributed by atoms with Crippen LogP contribution in [0.5, 0.6) is 0 Å². The highest BCUT2D eigenvalue weighted by atomic mass is 32.2. The molecule has 5 nitrogen and oxygen atoms in total. The van der Waals surface area contributed by atoms with Crippen LogP contribution in [0.3, 0.4) is 0 Å². The molecule has 6 heteroatoms. The van der Waals surface area contributed by atoms with E-state index in [2.05, 4.69) is 0 Å². The van der Waals surface area contributed by atoms with Crippen LogP contribution in [0.4, 0.5) is 0 Å². The van der Waals surface area contributed by atoms with Crippen molar-refractivity contribution in [2.75, 3.05) is 18.6 Å². The molecule has 0 spiro atoms. The van der Waals surface area contributed by atoms with Crippen molar-refractivity contribution in [3.05, 3.63) is 0 Å². The lowest BCUT2D eigenvalue weighted by atomic mass is 9.78. The van der Waals surface area contributed by atoms with E-state index in [1.165, 1.54) is 6.26 Å². The van der Waals surface area contributed by atoms with Crippen LogP contribution < -0.4 is 5.73 Å². The maximum absolute atomic E-state index is 11.3. The molecule has 1 aliphatic rings. The van der Waals surface area contributed by atoms with Gasteiger partial charge in [-0.05, 0) is 25.2 Å². The highest BCUT2D eigenvalue weighted by molar-refractivity contribution is 7.90. The van der Waals surface area contributed by atoms with Gasteiger partial charge >= 0.3 is 5.97 Å². The maximum Gasteiger partial charge on any atom is 0.310 e. The molecular formula is C11H21NO4S. The summed E-state index contributed by atoms with van der Waals surface area (Å²) in [5.41, 5.74) is 4.68. The van der Waals surface area contributed by atoms with Gasteiger partial charge in [0.05, 0.1) is 5.41 Å². The van der Waals surface area contributed by atoms with E-state index in [0.717, 1.165) is 12.8 Å². The Morgan fingerprint density at radius 1 is 1.47 bits per heavy atom. The number of hydrogen-bond acceptors (Lipinski definition) is 4. The van der Waals surface area contributed by atoms with Gasteiger partial charge in [0.2, 0.25) is 0 Å². The molecule has 1 saturated carbocycles. The Labute approximate surface area is 102 Å². The second-order valence-electron chi connectivity index (χ2n) is 5.17. The van der Waals surface area contributed by atoms with Crippen LogP contribution in [0.25, 0.3) is 0 Å². The number of carboxylic acids is 1. The highest BCUT2D eigenvalue weighted by Crippen LogP contribution is 2.42. The molecule has 0 aromatic heterocycles. The molecule has 1 aliphatic carbocycles. The summed E-state index contributed by atoms with van der Waals surface area (Å²) < 4.78 is 22.1. The van der Waals surface area contributed by atoms with E-state index in [-0.39, 0.29) is 12.3 Å². The zero-order valence-corrected chi connectivity index (χ0v) is 11.0. The fourth-order valence-electron chi connectivity index (χ4n) is 2.12. The first kappa shape index (κ1) is 14.4. The second-order valence-corrected chi connectivity index (χ2v) is 7.43. The maximum atomic E-state index is 11.3. The summed E-state index contributed by atoms with van der Waals surface area (Å²) in [5, 5.41) is 9.30. The van der Waals surface area contributed by atoms with Crippen LogP contribution in [0.2, 0.25) is 0 Å². The van der Waals surface area contributed by atoms with Gasteiger partial charge in [-0.1, -0.05) is 12.8 Å². The lowest BCUT2D eigenvalue weighted by molar-refractivity contribution is -0.149. The summed E-state index contributed by atoms with van der Waals surface area (Å²) >= 11 is 0. The first-order valence-corrected chi connectivity index (χ1v) is 7.96. The normalized spacial score (nSPS) is 19.9. The molecule has 1 unspecified atom stereocenters. The molecule has 0 aliphatic heterocycles. The summed E-state index contributed by atoms with van der Waals surface area (Å²) in [7, 11) is -3.03. The first-order chi connectivity index (χ1) is 7.79. The summed E-state index contributed by atoms with van der Waals surface area (Å²) in [4.78, 5) is 11.3. The second kappa shape index (κ2) is 5.35. The standard InChI is InChI=1S/C11H21NO4S/c1-17(15,16)6-2-5-11(8-12,10(13)14)7-9-3-4-9/h9H,2-8,12H2,1H3,(H,13,14). The minimum Gasteiger partial charge on any atom is -0.481 e. The van der Waals surface area contributed by atoms with Crippen molar-refractivity contribution in [1.82, 2.24) is 0 Å². The van der Waals surface area contributed by atoms with E-state index >= 15 is 0 Å². The van der Waals surface area contributed by atoms with Crippen LogP contribution in [-0.2, 0) is 14.6 Å². The molecule has 0 aromatic rings. The van der Waals surface area contributed by atoms with Crippen molar-refractivity contribution in [3.8, 4) is 0 Å². The van der Waals surface area contributed by atoms with Crippen molar-refractivity contribution in [1.29, 1.82) is 0 Å². The summed E-state index contributed by atoms with van der Waals surface area (Å²) in [6.07, 6.45) is 4.61. The van der Waals surface area contributed by atoms with Crippen LogP contribution in [-0.4, -0.2) is 38.0 Å². The number of nitrogens with two attached hydrogens (primary N) is 1. The summed E-state index contributed by atoms with van der Waals surface area (Å²) in [6.45, 7) is 0.0859. The first-order valence-electron chi connectivity index (χ1n) is 5.90. The fourth-order valence-corrected chi connectivity index (χ4v) is 2.79. The molecule has 3 N–H and O–H groups in total. The van der Waals surface area contributed by atoms with Crippen LogP contribution in [0.1, 0.15) is 32.1 Å². The predicted octanol–water partition coefficient (Wildman–Crippen LogP) is 0.641. The third-order valence-corrected chi connectivity index (χ3v) is 4.42.